The molecule has 0 saturated carbocycles. The minimum atomic E-state index is 0.505. The number of halogens is 1. The lowest BCUT2D eigenvalue weighted by Gasteiger charge is -2.08. The molecule has 0 atom stereocenters. The maximum atomic E-state index is 6.19. The van der Waals surface area contributed by atoms with Gasteiger partial charge in [-0.05, 0) is 49.0 Å². The summed E-state index contributed by atoms with van der Waals surface area (Å²) < 4.78 is 2.33. The second-order valence-electron chi connectivity index (χ2n) is 4.34. The Morgan fingerprint density at radius 2 is 2.10 bits per heavy atom. The summed E-state index contributed by atoms with van der Waals surface area (Å²) in [5.74, 6) is 0.663. The second kappa shape index (κ2) is 5.19. The van der Waals surface area contributed by atoms with Crippen molar-refractivity contribution in [3.05, 3.63) is 58.0 Å². The Hall–Kier alpha value is -1.98. The summed E-state index contributed by atoms with van der Waals surface area (Å²) in [5, 5.41) is 7.75. The van der Waals surface area contributed by atoms with Crippen LogP contribution in [0.2, 0.25) is 5.02 Å². The van der Waals surface area contributed by atoms with Crippen LogP contribution < -0.4 is 0 Å². The highest BCUT2D eigenvalue weighted by Crippen LogP contribution is 2.23. The zero-order chi connectivity index (χ0) is 14.1. The number of aryl methyl sites for hydroxylation is 1. The van der Waals surface area contributed by atoms with E-state index in [-0.39, 0.29) is 0 Å². The molecule has 2 heterocycles. The zero-order valence-electron chi connectivity index (χ0n) is 10.7. The molecule has 0 saturated heterocycles. The number of hydrogen-bond donors (Lipinski definition) is 1. The van der Waals surface area contributed by atoms with Crippen molar-refractivity contribution >= 4 is 23.8 Å². The largest absolute Gasteiger partial charge is 0.267 e. The van der Waals surface area contributed by atoms with Crippen LogP contribution >= 0.6 is 23.8 Å². The van der Waals surface area contributed by atoms with Gasteiger partial charge in [0.25, 0.3) is 0 Å². The summed E-state index contributed by atoms with van der Waals surface area (Å²) in [7, 11) is 0. The van der Waals surface area contributed by atoms with E-state index in [1.165, 1.54) is 0 Å². The number of benzene rings is 1. The fourth-order valence-electron chi connectivity index (χ4n) is 1.92. The topological polar surface area (TPSA) is 46.5 Å². The summed E-state index contributed by atoms with van der Waals surface area (Å²) in [6.45, 7) is 1.96. The SMILES string of the molecule is Cc1ccc(-n2c(-c3ccccn3)n[nH]c2=S)cc1Cl. The molecule has 3 rings (SSSR count). The van der Waals surface area contributed by atoms with E-state index in [0.717, 1.165) is 16.9 Å². The Bertz CT molecular complexity index is 808. The molecule has 0 aliphatic heterocycles. The third kappa shape index (κ3) is 2.26. The quantitative estimate of drug-likeness (QED) is 0.729. The molecular formula is C14H11ClN4S. The van der Waals surface area contributed by atoms with E-state index < -0.39 is 0 Å². The average Bonchev–Trinajstić information content (AvgIpc) is 2.85. The lowest BCUT2D eigenvalue weighted by molar-refractivity contribution is 1.03. The van der Waals surface area contributed by atoms with Crippen LogP contribution in [-0.4, -0.2) is 19.7 Å². The maximum Gasteiger partial charge on any atom is 0.200 e. The molecule has 0 bridgehead atoms. The Kier molecular flexibility index (Phi) is 3.38. The third-order valence-corrected chi connectivity index (χ3v) is 3.66. The van der Waals surface area contributed by atoms with Gasteiger partial charge in [0, 0.05) is 11.2 Å². The average molecular weight is 303 g/mol. The first-order valence-corrected chi connectivity index (χ1v) is 6.81. The Balaban J connectivity index is 2.22. The van der Waals surface area contributed by atoms with Gasteiger partial charge < -0.3 is 0 Å². The van der Waals surface area contributed by atoms with E-state index in [1.807, 2.05) is 47.9 Å². The molecule has 3 aromatic rings. The highest BCUT2D eigenvalue weighted by molar-refractivity contribution is 7.71. The van der Waals surface area contributed by atoms with Crippen LogP contribution in [0.4, 0.5) is 0 Å². The van der Waals surface area contributed by atoms with Crippen LogP contribution in [-0.2, 0) is 0 Å². The molecule has 2 aromatic heterocycles. The predicted octanol–water partition coefficient (Wildman–Crippen LogP) is 3.95. The first-order valence-electron chi connectivity index (χ1n) is 6.02. The molecule has 4 nitrogen and oxygen atoms in total. The smallest absolute Gasteiger partial charge is 0.200 e. The lowest BCUT2D eigenvalue weighted by atomic mass is 10.2. The van der Waals surface area contributed by atoms with E-state index in [9.17, 15) is 0 Å². The maximum absolute atomic E-state index is 6.19. The van der Waals surface area contributed by atoms with E-state index in [4.69, 9.17) is 23.8 Å². The van der Waals surface area contributed by atoms with Gasteiger partial charge in [0.2, 0.25) is 0 Å². The number of aromatic nitrogens is 4. The molecule has 0 radical (unpaired) electrons. The van der Waals surface area contributed by atoms with Gasteiger partial charge in [-0.3, -0.25) is 14.6 Å². The summed E-state index contributed by atoms with van der Waals surface area (Å²) in [5.41, 5.74) is 2.63. The van der Waals surface area contributed by atoms with Gasteiger partial charge in [0.1, 0.15) is 5.69 Å². The van der Waals surface area contributed by atoms with Crippen LogP contribution in [0.5, 0.6) is 0 Å². The van der Waals surface area contributed by atoms with Crippen molar-refractivity contribution in [2.24, 2.45) is 0 Å². The molecule has 0 amide bonds. The first-order chi connectivity index (χ1) is 9.66. The molecule has 6 heteroatoms. The number of rotatable bonds is 2. The molecule has 1 N–H and O–H groups in total. The predicted molar refractivity (Wildman–Crippen MR) is 81.7 cm³/mol. The van der Waals surface area contributed by atoms with E-state index in [0.29, 0.717) is 15.6 Å². The fourth-order valence-corrected chi connectivity index (χ4v) is 2.34. The molecule has 20 heavy (non-hydrogen) atoms. The minimum Gasteiger partial charge on any atom is -0.267 e. The van der Waals surface area contributed by atoms with Crippen LogP contribution in [0.1, 0.15) is 5.56 Å². The van der Waals surface area contributed by atoms with Crippen LogP contribution in [0.3, 0.4) is 0 Å². The lowest BCUT2D eigenvalue weighted by Crippen LogP contribution is -1.99. The van der Waals surface area contributed by atoms with Crippen molar-refractivity contribution < 1.29 is 0 Å². The molecule has 0 aliphatic rings. The van der Waals surface area contributed by atoms with Crippen molar-refractivity contribution in [3.8, 4) is 17.2 Å². The van der Waals surface area contributed by atoms with E-state index in [1.54, 1.807) is 6.20 Å². The molecule has 0 spiro atoms. The summed E-state index contributed by atoms with van der Waals surface area (Å²) >= 11 is 11.5. The van der Waals surface area contributed by atoms with Gasteiger partial charge in [-0.15, -0.1) is 0 Å². The third-order valence-electron chi connectivity index (χ3n) is 2.98. The monoisotopic (exact) mass is 302 g/mol. The van der Waals surface area contributed by atoms with Crippen molar-refractivity contribution in [1.82, 2.24) is 19.7 Å². The van der Waals surface area contributed by atoms with Gasteiger partial charge >= 0.3 is 0 Å². The first kappa shape index (κ1) is 13.0. The van der Waals surface area contributed by atoms with Crippen LogP contribution in [0.25, 0.3) is 17.2 Å². The highest BCUT2D eigenvalue weighted by atomic mass is 35.5. The van der Waals surface area contributed by atoms with E-state index >= 15 is 0 Å². The number of hydrogen-bond acceptors (Lipinski definition) is 3. The van der Waals surface area contributed by atoms with Gasteiger partial charge in [0.05, 0.1) is 5.69 Å². The number of nitrogens with one attached hydrogen (secondary N) is 1. The van der Waals surface area contributed by atoms with Crippen molar-refractivity contribution in [2.75, 3.05) is 0 Å². The molecule has 100 valence electrons. The van der Waals surface area contributed by atoms with Crippen LogP contribution in [0, 0.1) is 11.7 Å². The Morgan fingerprint density at radius 3 is 2.80 bits per heavy atom. The molecular weight excluding hydrogens is 292 g/mol. The minimum absolute atomic E-state index is 0.505. The Morgan fingerprint density at radius 1 is 1.25 bits per heavy atom. The number of aromatic amines is 1. The number of pyridine rings is 1. The zero-order valence-corrected chi connectivity index (χ0v) is 12.2. The molecule has 0 unspecified atom stereocenters. The summed E-state index contributed by atoms with van der Waals surface area (Å²) in [6.07, 6.45) is 1.72. The summed E-state index contributed by atoms with van der Waals surface area (Å²) in [4.78, 5) is 4.31. The standard InChI is InChI=1S/C14H11ClN4S/c1-9-5-6-10(8-11(9)15)19-13(17-18-14(19)20)12-4-2-3-7-16-12/h2-8H,1H3,(H,18,20). The van der Waals surface area contributed by atoms with Crippen molar-refractivity contribution in [1.29, 1.82) is 0 Å². The highest BCUT2D eigenvalue weighted by Gasteiger charge is 2.12. The normalized spacial score (nSPS) is 10.7. The van der Waals surface area contributed by atoms with Gasteiger partial charge in [-0.25, -0.2) is 0 Å². The number of H-pyrrole nitrogens is 1. The summed E-state index contributed by atoms with van der Waals surface area (Å²) in [6, 6.07) is 11.4. The van der Waals surface area contributed by atoms with Crippen molar-refractivity contribution in [3.63, 3.8) is 0 Å². The Labute approximate surface area is 126 Å². The molecule has 1 aromatic carbocycles. The molecule has 0 fully saturated rings. The fraction of sp³-hybridized carbons (Fsp3) is 0.0714. The van der Waals surface area contributed by atoms with Gasteiger partial charge in [-0.1, -0.05) is 23.7 Å². The second-order valence-corrected chi connectivity index (χ2v) is 5.13. The number of nitrogens with zero attached hydrogens (tertiary/aromatic N) is 3. The van der Waals surface area contributed by atoms with Crippen molar-refractivity contribution in [2.45, 2.75) is 6.92 Å². The van der Waals surface area contributed by atoms with Gasteiger partial charge in [-0.2, -0.15) is 5.10 Å². The van der Waals surface area contributed by atoms with Crippen LogP contribution in [0.15, 0.2) is 42.6 Å². The van der Waals surface area contributed by atoms with E-state index in [2.05, 4.69) is 15.2 Å². The molecule has 0 aliphatic carbocycles. The van der Waals surface area contributed by atoms with Gasteiger partial charge in [0.15, 0.2) is 10.6 Å².